The first-order chi connectivity index (χ1) is 10.1. The summed E-state index contributed by atoms with van der Waals surface area (Å²) in [6.07, 6.45) is 6.53. The third-order valence-electron chi connectivity index (χ3n) is 5.56. The quantitative estimate of drug-likeness (QED) is 0.898. The van der Waals surface area contributed by atoms with Crippen molar-refractivity contribution in [3.8, 4) is 0 Å². The summed E-state index contributed by atoms with van der Waals surface area (Å²) in [7, 11) is 0. The van der Waals surface area contributed by atoms with E-state index >= 15 is 0 Å². The number of likely N-dealkylation sites (tertiary alicyclic amines) is 1. The molecule has 1 aromatic rings. The Kier molecular flexibility index (Phi) is 4.69. The molecule has 0 amide bonds. The summed E-state index contributed by atoms with van der Waals surface area (Å²) in [5.41, 5.74) is 6.04. The van der Waals surface area contributed by atoms with Crippen LogP contribution in [-0.2, 0) is 0 Å². The summed E-state index contributed by atoms with van der Waals surface area (Å²) in [6.45, 7) is 4.15. The number of hydrogen-bond acceptors (Lipinski definition) is 4. The van der Waals surface area contributed by atoms with Crippen LogP contribution in [0.25, 0.3) is 0 Å². The second kappa shape index (κ2) is 6.37. The number of hydrogen-bond donors (Lipinski definition) is 2. The first kappa shape index (κ1) is 15.5. The summed E-state index contributed by atoms with van der Waals surface area (Å²) < 4.78 is 0. The van der Waals surface area contributed by atoms with Crippen molar-refractivity contribution in [2.75, 3.05) is 13.1 Å². The normalized spacial score (nSPS) is 33.4. The van der Waals surface area contributed by atoms with Crippen LogP contribution in [0.3, 0.4) is 0 Å². The van der Waals surface area contributed by atoms with Gasteiger partial charge in [0.1, 0.15) is 0 Å². The van der Waals surface area contributed by atoms with Gasteiger partial charge in [-0.25, -0.2) is 0 Å². The van der Waals surface area contributed by atoms with Crippen LogP contribution in [0.15, 0.2) is 17.5 Å². The van der Waals surface area contributed by atoms with Gasteiger partial charge in [-0.1, -0.05) is 25.8 Å². The molecule has 0 spiro atoms. The van der Waals surface area contributed by atoms with Gasteiger partial charge in [0.15, 0.2) is 0 Å². The van der Waals surface area contributed by atoms with E-state index in [1.54, 1.807) is 0 Å². The largest absolute Gasteiger partial charge is 0.390 e. The van der Waals surface area contributed by atoms with Crippen LogP contribution in [-0.4, -0.2) is 34.7 Å². The molecular formula is C17H28N2OS. The van der Waals surface area contributed by atoms with E-state index in [0.29, 0.717) is 12.0 Å². The minimum atomic E-state index is -0.398. The van der Waals surface area contributed by atoms with Gasteiger partial charge in [0.05, 0.1) is 11.6 Å². The van der Waals surface area contributed by atoms with Crippen LogP contribution in [0.1, 0.15) is 56.4 Å². The predicted octanol–water partition coefficient (Wildman–Crippen LogP) is 3.15. The molecule has 1 saturated heterocycles. The predicted molar refractivity (Wildman–Crippen MR) is 88.4 cm³/mol. The minimum absolute atomic E-state index is 0.179. The molecule has 3 N–H and O–H groups in total. The lowest BCUT2D eigenvalue weighted by Crippen LogP contribution is -2.55. The molecule has 4 unspecified atom stereocenters. The van der Waals surface area contributed by atoms with Crippen molar-refractivity contribution in [3.05, 3.63) is 22.4 Å². The molecule has 2 heterocycles. The molecule has 2 fully saturated rings. The summed E-state index contributed by atoms with van der Waals surface area (Å²) in [5, 5.41) is 13.0. The highest BCUT2D eigenvalue weighted by Crippen LogP contribution is 2.42. The molecule has 3 rings (SSSR count). The fourth-order valence-corrected chi connectivity index (χ4v) is 5.13. The van der Waals surface area contributed by atoms with Gasteiger partial charge in [0.25, 0.3) is 0 Å². The summed E-state index contributed by atoms with van der Waals surface area (Å²) in [5.74, 6) is 0.437. The number of thiophene rings is 1. The Bertz CT molecular complexity index is 450. The Balaban J connectivity index is 1.78. The Morgan fingerprint density at radius 3 is 3.05 bits per heavy atom. The van der Waals surface area contributed by atoms with E-state index in [-0.39, 0.29) is 6.04 Å². The van der Waals surface area contributed by atoms with Crippen LogP contribution in [0, 0.1) is 5.92 Å². The van der Waals surface area contributed by atoms with Gasteiger partial charge in [0.2, 0.25) is 0 Å². The van der Waals surface area contributed by atoms with Crippen LogP contribution < -0.4 is 5.73 Å². The maximum Gasteiger partial charge on any atom is 0.0700 e. The number of nitrogens with zero attached hydrogens (tertiary/aromatic N) is 1. The molecule has 1 saturated carbocycles. The summed E-state index contributed by atoms with van der Waals surface area (Å²) in [6, 6.07) is 4.84. The minimum Gasteiger partial charge on any atom is -0.390 e. The molecule has 3 nitrogen and oxygen atoms in total. The summed E-state index contributed by atoms with van der Waals surface area (Å²) in [4.78, 5) is 3.93. The molecule has 0 bridgehead atoms. The third-order valence-corrected chi connectivity index (χ3v) is 6.51. The third kappa shape index (κ3) is 3.04. The summed E-state index contributed by atoms with van der Waals surface area (Å²) >= 11 is 1.81. The maximum absolute atomic E-state index is 10.9. The van der Waals surface area contributed by atoms with E-state index in [9.17, 15) is 5.11 Å². The van der Waals surface area contributed by atoms with E-state index in [2.05, 4.69) is 29.3 Å². The van der Waals surface area contributed by atoms with Crippen molar-refractivity contribution in [3.63, 3.8) is 0 Å². The highest BCUT2D eigenvalue weighted by atomic mass is 32.1. The lowest BCUT2D eigenvalue weighted by atomic mass is 9.71. The maximum atomic E-state index is 10.9. The number of rotatable bonds is 4. The molecule has 0 aromatic carbocycles. The second-order valence-electron chi connectivity index (χ2n) is 6.82. The highest BCUT2D eigenvalue weighted by molar-refractivity contribution is 7.10. The molecule has 21 heavy (non-hydrogen) atoms. The second-order valence-corrected chi connectivity index (χ2v) is 7.80. The first-order valence-electron chi connectivity index (χ1n) is 8.39. The van der Waals surface area contributed by atoms with Gasteiger partial charge in [-0.3, -0.25) is 4.90 Å². The standard InChI is InChI=1S/C17H28N2OS/c1-2-14(18)16(15-7-5-11-21-15)19-10-9-17(20)8-4-3-6-13(17)12-19/h5,7,11,13-14,16,20H,2-4,6,8-10,12,18H2,1H3. The molecule has 1 aromatic heterocycles. The van der Waals surface area contributed by atoms with Crippen LogP contribution in [0.2, 0.25) is 0 Å². The van der Waals surface area contributed by atoms with Gasteiger partial charge >= 0.3 is 0 Å². The molecule has 2 aliphatic rings. The Labute approximate surface area is 132 Å². The fraction of sp³-hybridized carbons (Fsp3) is 0.765. The van der Waals surface area contributed by atoms with Crippen molar-refractivity contribution in [1.82, 2.24) is 4.90 Å². The topological polar surface area (TPSA) is 49.5 Å². The monoisotopic (exact) mass is 308 g/mol. The average Bonchev–Trinajstić information content (AvgIpc) is 3.01. The molecule has 4 heteroatoms. The molecule has 4 atom stereocenters. The number of nitrogens with two attached hydrogens (primary N) is 1. The smallest absolute Gasteiger partial charge is 0.0700 e. The number of piperidine rings is 1. The van der Waals surface area contributed by atoms with Gasteiger partial charge < -0.3 is 10.8 Å². The molecule has 1 aliphatic heterocycles. The Morgan fingerprint density at radius 2 is 2.33 bits per heavy atom. The van der Waals surface area contributed by atoms with Gasteiger partial charge in [-0.2, -0.15) is 0 Å². The first-order valence-corrected chi connectivity index (χ1v) is 9.27. The molecule has 118 valence electrons. The Hall–Kier alpha value is -0.420. The van der Waals surface area contributed by atoms with Crippen molar-refractivity contribution < 1.29 is 5.11 Å². The van der Waals surface area contributed by atoms with Gasteiger partial charge in [-0.15, -0.1) is 11.3 Å². The van der Waals surface area contributed by atoms with Crippen LogP contribution in [0.5, 0.6) is 0 Å². The van der Waals surface area contributed by atoms with Gasteiger partial charge in [-0.05, 0) is 37.1 Å². The zero-order chi connectivity index (χ0) is 14.9. The Morgan fingerprint density at radius 1 is 1.48 bits per heavy atom. The van der Waals surface area contributed by atoms with E-state index in [1.165, 1.54) is 24.1 Å². The van der Waals surface area contributed by atoms with E-state index in [0.717, 1.165) is 32.4 Å². The van der Waals surface area contributed by atoms with Gasteiger partial charge in [0, 0.05) is 29.9 Å². The van der Waals surface area contributed by atoms with Crippen molar-refractivity contribution in [2.24, 2.45) is 11.7 Å². The van der Waals surface area contributed by atoms with E-state index in [1.807, 2.05) is 11.3 Å². The highest BCUT2D eigenvalue weighted by Gasteiger charge is 2.44. The van der Waals surface area contributed by atoms with Crippen LogP contribution in [0.4, 0.5) is 0 Å². The molecule has 1 aliphatic carbocycles. The van der Waals surface area contributed by atoms with E-state index < -0.39 is 5.60 Å². The zero-order valence-electron chi connectivity index (χ0n) is 13.0. The van der Waals surface area contributed by atoms with E-state index in [4.69, 9.17) is 5.73 Å². The van der Waals surface area contributed by atoms with Crippen molar-refractivity contribution in [2.45, 2.75) is 63.1 Å². The number of fused-ring (bicyclic) bond motifs is 1. The molecular weight excluding hydrogens is 280 g/mol. The SMILES string of the molecule is CCC(N)C(c1cccs1)N1CCC2(O)CCCCC2C1. The van der Waals surface area contributed by atoms with Crippen LogP contribution >= 0.6 is 11.3 Å². The molecule has 0 radical (unpaired) electrons. The average molecular weight is 308 g/mol. The number of aliphatic hydroxyl groups is 1. The lowest BCUT2D eigenvalue weighted by molar-refractivity contribution is -0.104. The van der Waals surface area contributed by atoms with Crippen molar-refractivity contribution >= 4 is 11.3 Å². The lowest BCUT2D eigenvalue weighted by Gasteiger charge is -2.50. The fourth-order valence-electron chi connectivity index (χ4n) is 4.19. The van der Waals surface area contributed by atoms with Crippen molar-refractivity contribution in [1.29, 1.82) is 0 Å². The zero-order valence-corrected chi connectivity index (χ0v) is 13.8.